The molecule has 0 amide bonds. The average Bonchev–Trinajstić information content (AvgIpc) is 2.20. The first-order valence-electron chi connectivity index (χ1n) is 5.74. The molecule has 1 aliphatic rings. The molecular weight excluding hydrogens is 244 g/mol. The summed E-state index contributed by atoms with van der Waals surface area (Å²) in [5.74, 6) is 0. The third-order valence-corrected chi connectivity index (χ3v) is 3.15. The highest BCUT2D eigenvalue weighted by Gasteiger charge is 2.17. The number of rotatable bonds is 6. The van der Waals surface area contributed by atoms with Crippen molar-refractivity contribution < 1.29 is 9.47 Å². The van der Waals surface area contributed by atoms with Crippen molar-refractivity contribution in [1.82, 2.24) is 0 Å². The van der Waals surface area contributed by atoms with Gasteiger partial charge in [0, 0.05) is 6.61 Å². The molecule has 2 nitrogen and oxygen atoms in total. The summed E-state index contributed by atoms with van der Waals surface area (Å²) in [5.41, 5.74) is 0. The Kier molecular flexibility index (Phi) is 6.82. The number of hydrogen-bond acceptors (Lipinski definition) is 2. The van der Waals surface area contributed by atoms with Gasteiger partial charge in [0.2, 0.25) is 0 Å². The van der Waals surface area contributed by atoms with Crippen molar-refractivity contribution in [3.63, 3.8) is 0 Å². The quantitative estimate of drug-likeness (QED) is 0.536. The summed E-state index contributed by atoms with van der Waals surface area (Å²) in [6.45, 7) is 3.08. The van der Waals surface area contributed by atoms with Crippen molar-refractivity contribution in [3.8, 4) is 0 Å². The van der Waals surface area contributed by atoms with E-state index in [-0.39, 0.29) is 11.3 Å². The van der Waals surface area contributed by atoms with Crippen LogP contribution in [0.1, 0.15) is 51.9 Å². The van der Waals surface area contributed by atoms with E-state index < -0.39 is 0 Å². The summed E-state index contributed by atoms with van der Waals surface area (Å²) in [6, 6.07) is 0. The Morgan fingerprint density at radius 3 is 2.93 bits per heavy atom. The van der Waals surface area contributed by atoms with E-state index in [9.17, 15) is 0 Å². The van der Waals surface area contributed by atoms with Crippen LogP contribution in [0.4, 0.5) is 0 Å². The van der Waals surface area contributed by atoms with Gasteiger partial charge < -0.3 is 9.47 Å². The Morgan fingerprint density at radius 2 is 2.29 bits per heavy atom. The number of unbranched alkanes of at least 4 members (excludes halogenated alkanes) is 2. The molecule has 0 aliphatic carbocycles. The molecule has 0 bridgehead atoms. The zero-order chi connectivity index (χ0) is 10.2. The molecule has 2 unspecified atom stereocenters. The minimum atomic E-state index is 0.0368. The molecular formula is C11H21BrO2. The Morgan fingerprint density at radius 1 is 1.43 bits per heavy atom. The Labute approximate surface area is 95.5 Å². The lowest BCUT2D eigenvalue weighted by Crippen LogP contribution is -2.25. The van der Waals surface area contributed by atoms with Gasteiger partial charge in [-0.1, -0.05) is 35.7 Å². The van der Waals surface area contributed by atoms with Crippen LogP contribution in [0, 0.1) is 0 Å². The molecule has 1 heterocycles. The maximum atomic E-state index is 5.73. The molecule has 3 heteroatoms. The first-order chi connectivity index (χ1) is 6.83. The normalized spacial score (nSPS) is 24.9. The van der Waals surface area contributed by atoms with E-state index in [0.29, 0.717) is 0 Å². The summed E-state index contributed by atoms with van der Waals surface area (Å²) < 4.78 is 11.2. The zero-order valence-electron chi connectivity index (χ0n) is 9.01. The number of halogens is 1. The fraction of sp³-hybridized carbons (Fsp3) is 1.00. The van der Waals surface area contributed by atoms with E-state index in [1.54, 1.807) is 0 Å². The lowest BCUT2D eigenvalue weighted by Gasteiger charge is -2.25. The maximum absolute atomic E-state index is 5.73. The van der Waals surface area contributed by atoms with E-state index >= 15 is 0 Å². The summed E-state index contributed by atoms with van der Waals surface area (Å²) in [4.78, 5) is 0. The van der Waals surface area contributed by atoms with Crippen LogP contribution in [0.15, 0.2) is 0 Å². The molecule has 1 fully saturated rings. The lowest BCUT2D eigenvalue weighted by molar-refractivity contribution is -0.169. The minimum Gasteiger partial charge on any atom is -0.353 e. The van der Waals surface area contributed by atoms with Crippen molar-refractivity contribution in [2.75, 3.05) is 6.61 Å². The van der Waals surface area contributed by atoms with Crippen molar-refractivity contribution in [1.29, 1.82) is 0 Å². The molecule has 84 valence electrons. The van der Waals surface area contributed by atoms with Crippen molar-refractivity contribution in [2.45, 2.75) is 63.2 Å². The lowest BCUT2D eigenvalue weighted by atomic mass is 10.2. The topological polar surface area (TPSA) is 18.5 Å². The van der Waals surface area contributed by atoms with Crippen molar-refractivity contribution >= 4 is 15.9 Å². The van der Waals surface area contributed by atoms with Gasteiger partial charge in [0.05, 0.1) is 0 Å². The molecule has 1 saturated heterocycles. The Bertz CT molecular complexity index is 135. The number of hydrogen-bond donors (Lipinski definition) is 0. The monoisotopic (exact) mass is 264 g/mol. The highest BCUT2D eigenvalue weighted by atomic mass is 79.9. The van der Waals surface area contributed by atoms with Gasteiger partial charge in [-0.2, -0.15) is 0 Å². The van der Waals surface area contributed by atoms with Crippen molar-refractivity contribution in [3.05, 3.63) is 0 Å². The van der Waals surface area contributed by atoms with Gasteiger partial charge in [-0.15, -0.1) is 0 Å². The first kappa shape index (κ1) is 12.5. The molecule has 1 aliphatic heterocycles. The van der Waals surface area contributed by atoms with Crippen LogP contribution in [0.5, 0.6) is 0 Å². The molecule has 0 saturated carbocycles. The van der Waals surface area contributed by atoms with Gasteiger partial charge in [-0.3, -0.25) is 0 Å². The first-order valence-corrected chi connectivity index (χ1v) is 6.65. The van der Waals surface area contributed by atoms with Crippen LogP contribution < -0.4 is 0 Å². The molecule has 1 rings (SSSR count). The number of ether oxygens (including phenoxy) is 2. The van der Waals surface area contributed by atoms with E-state index in [2.05, 4.69) is 22.9 Å². The molecule has 2 atom stereocenters. The second kappa shape index (κ2) is 7.66. The Balaban J connectivity index is 2.03. The fourth-order valence-corrected chi connectivity index (χ4v) is 2.17. The van der Waals surface area contributed by atoms with Crippen molar-refractivity contribution in [2.24, 2.45) is 0 Å². The van der Waals surface area contributed by atoms with Gasteiger partial charge in [-0.25, -0.2) is 0 Å². The third-order valence-electron chi connectivity index (χ3n) is 2.47. The maximum Gasteiger partial charge on any atom is 0.159 e. The number of alkyl halides is 1. The largest absolute Gasteiger partial charge is 0.353 e. The van der Waals surface area contributed by atoms with Crippen LogP contribution in [-0.4, -0.2) is 17.9 Å². The van der Waals surface area contributed by atoms with E-state index in [0.717, 1.165) is 19.4 Å². The smallest absolute Gasteiger partial charge is 0.159 e. The summed E-state index contributed by atoms with van der Waals surface area (Å²) >= 11 is 3.54. The van der Waals surface area contributed by atoms with Crippen LogP contribution in [0.2, 0.25) is 0 Å². The highest BCUT2D eigenvalue weighted by Crippen LogP contribution is 2.20. The zero-order valence-corrected chi connectivity index (χ0v) is 10.6. The second-order valence-corrected chi connectivity index (χ2v) is 4.86. The van der Waals surface area contributed by atoms with E-state index in [1.807, 2.05) is 0 Å². The SMILES string of the molecule is CCCCCC(Br)OC1CCCCO1. The molecule has 0 N–H and O–H groups in total. The summed E-state index contributed by atoms with van der Waals surface area (Å²) in [7, 11) is 0. The predicted octanol–water partition coefficient (Wildman–Crippen LogP) is 3.83. The second-order valence-electron chi connectivity index (χ2n) is 3.84. The van der Waals surface area contributed by atoms with Crippen LogP contribution in [0.3, 0.4) is 0 Å². The Hall–Kier alpha value is 0.400. The molecule has 14 heavy (non-hydrogen) atoms. The van der Waals surface area contributed by atoms with E-state index in [1.165, 1.54) is 32.1 Å². The van der Waals surface area contributed by atoms with E-state index in [4.69, 9.17) is 9.47 Å². The third kappa shape index (κ3) is 5.32. The predicted molar refractivity (Wildman–Crippen MR) is 61.5 cm³/mol. The average molecular weight is 265 g/mol. The molecule has 0 spiro atoms. The van der Waals surface area contributed by atoms with Gasteiger partial charge >= 0.3 is 0 Å². The van der Waals surface area contributed by atoms with Crippen LogP contribution in [-0.2, 0) is 9.47 Å². The van der Waals surface area contributed by atoms with Gasteiger partial charge in [-0.05, 0) is 32.1 Å². The fourth-order valence-electron chi connectivity index (χ4n) is 1.61. The molecule has 0 radical (unpaired) electrons. The standard InChI is InChI=1S/C11H21BrO2/c1-2-3-4-7-10(12)14-11-8-5-6-9-13-11/h10-11H,2-9H2,1H3. The summed E-state index contributed by atoms with van der Waals surface area (Å²) in [6.07, 6.45) is 8.39. The van der Waals surface area contributed by atoms with Gasteiger partial charge in [0.1, 0.15) is 5.01 Å². The summed E-state index contributed by atoms with van der Waals surface area (Å²) in [5, 5.41) is 0.178. The highest BCUT2D eigenvalue weighted by molar-refractivity contribution is 9.09. The van der Waals surface area contributed by atoms with Gasteiger partial charge in [0.15, 0.2) is 6.29 Å². The van der Waals surface area contributed by atoms with Gasteiger partial charge in [0.25, 0.3) is 0 Å². The molecule has 0 aromatic heterocycles. The van der Waals surface area contributed by atoms with Crippen LogP contribution >= 0.6 is 15.9 Å². The molecule has 0 aromatic carbocycles. The minimum absolute atomic E-state index is 0.0368. The molecule has 0 aromatic rings. The van der Waals surface area contributed by atoms with Crippen LogP contribution in [0.25, 0.3) is 0 Å².